The number of fused-ring (bicyclic) bond motifs is 1. The van der Waals surface area contributed by atoms with E-state index in [1.54, 1.807) is 12.1 Å². The van der Waals surface area contributed by atoms with Crippen molar-refractivity contribution >= 4 is 33.0 Å². The Morgan fingerprint density at radius 1 is 1.00 bits per heavy atom. The maximum Gasteiger partial charge on any atom is 0.338 e. The molecule has 0 fully saturated rings. The molecular formula is C26H22N2O4S2. The lowest BCUT2D eigenvalue weighted by molar-refractivity contribution is 0.0468. The van der Waals surface area contributed by atoms with E-state index in [0.717, 1.165) is 29.0 Å². The average Bonchev–Trinajstić information content (AvgIpc) is 3.37. The number of ether oxygens (including phenoxy) is 1. The van der Waals surface area contributed by atoms with Crippen molar-refractivity contribution in [1.82, 2.24) is 4.98 Å². The monoisotopic (exact) mass is 490 g/mol. The van der Waals surface area contributed by atoms with Crippen LogP contribution < -0.4 is 4.31 Å². The van der Waals surface area contributed by atoms with E-state index >= 15 is 0 Å². The molecule has 0 atom stereocenters. The summed E-state index contributed by atoms with van der Waals surface area (Å²) in [5, 5.41) is 2.70. The Morgan fingerprint density at radius 2 is 1.79 bits per heavy atom. The van der Waals surface area contributed by atoms with Crippen molar-refractivity contribution in [2.24, 2.45) is 0 Å². The molecule has 8 heteroatoms. The molecule has 1 aliphatic heterocycles. The molecule has 2 heterocycles. The zero-order chi connectivity index (χ0) is 23.5. The van der Waals surface area contributed by atoms with Crippen molar-refractivity contribution in [2.45, 2.75) is 24.3 Å². The van der Waals surface area contributed by atoms with Gasteiger partial charge >= 0.3 is 5.97 Å². The van der Waals surface area contributed by atoms with Gasteiger partial charge in [-0.1, -0.05) is 54.6 Å². The van der Waals surface area contributed by atoms with Crippen LogP contribution in [0.25, 0.3) is 10.6 Å². The molecule has 0 amide bonds. The molecule has 5 rings (SSSR count). The molecule has 0 saturated heterocycles. The maximum absolute atomic E-state index is 13.4. The highest BCUT2D eigenvalue weighted by Crippen LogP contribution is 2.32. The summed E-state index contributed by atoms with van der Waals surface area (Å²) in [6.45, 7) is 0.417. The van der Waals surface area contributed by atoms with Crippen molar-refractivity contribution in [2.75, 3.05) is 10.8 Å². The molecule has 34 heavy (non-hydrogen) atoms. The fourth-order valence-electron chi connectivity index (χ4n) is 3.97. The van der Waals surface area contributed by atoms with Gasteiger partial charge in [-0.15, -0.1) is 11.3 Å². The summed E-state index contributed by atoms with van der Waals surface area (Å²) < 4.78 is 33.7. The summed E-state index contributed by atoms with van der Waals surface area (Å²) in [4.78, 5) is 17.3. The molecule has 172 valence electrons. The Hall–Kier alpha value is -3.49. The van der Waals surface area contributed by atoms with E-state index in [9.17, 15) is 13.2 Å². The fraction of sp³-hybridized carbons (Fsp3) is 0.154. The van der Waals surface area contributed by atoms with Gasteiger partial charge in [0.1, 0.15) is 11.6 Å². The predicted molar refractivity (Wildman–Crippen MR) is 132 cm³/mol. The van der Waals surface area contributed by atoms with Gasteiger partial charge in [0.25, 0.3) is 10.0 Å². The van der Waals surface area contributed by atoms with Crippen LogP contribution in [-0.2, 0) is 27.8 Å². The SMILES string of the molecule is O=C(OCc1csc(-c2ccccc2)n1)c1cccc(S(=O)(=O)N2CCCc3ccccc32)c1. The first-order chi connectivity index (χ1) is 16.5. The Balaban J connectivity index is 1.31. The number of carbonyl (C=O) groups is 1. The van der Waals surface area contributed by atoms with Crippen LogP contribution >= 0.6 is 11.3 Å². The van der Waals surface area contributed by atoms with Crippen molar-refractivity contribution in [3.8, 4) is 10.6 Å². The molecule has 0 radical (unpaired) electrons. The van der Waals surface area contributed by atoms with Gasteiger partial charge in [-0.05, 0) is 42.7 Å². The fourth-order valence-corrected chi connectivity index (χ4v) is 6.37. The van der Waals surface area contributed by atoms with E-state index in [-0.39, 0.29) is 17.1 Å². The second kappa shape index (κ2) is 9.40. The number of carbonyl (C=O) groups excluding carboxylic acids is 1. The number of rotatable bonds is 6. The zero-order valence-electron chi connectivity index (χ0n) is 18.3. The molecule has 1 aromatic heterocycles. The van der Waals surface area contributed by atoms with Crippen molar-refractivity contribution in [3.05, 3.63) is 101 Å². The van der Waals surface area contributed by atoms with E-state index in [1.165, 1.54) is 27.8 Å². The van der Waals surface area contributed by atoms with E-state index in [4.69, 9.17) is 4.74 Å². The molecule has 1 aliphatic rings. The molecule has 6 nitrogen and oxygen atoms in total. The van der Waals surface area contributed by atoms with Crippen molar-refractivity contribution in [3.63, 3.8) is 0 Å². The van der Waals surface area contributed by atoms with Crippen LogP contribution in [-0.4, -0.2) is 25.9 Å². The first kappa shape index (κ1) is 22.3. The first-order valence-electron chi connectivity index (χ1n) is 10.9. The Bertz CT molecular complexity index is 1430. The number of anilines is 1. The summed E-state index contributed by atoms with van der Waals surface area (Å²) in [7, 11) is -3.81. The molecule has 0 spiro atoms. The van der Waals surface area contributed by atoms with E-state index < -0.39 is 16.0 Å². The van der Waals surface area contributed by atoms with Gasteiger partial charge in [0.2, 0.25) is 0 Å². The Morgan fingerprint density at radius 3 is 2.65 bits per heavy atom. The number of hydrogen-bond donors (Lipinski definition) is 0. The highest BCUT2D eigenvalue weighted by atomic mass is 32.2. The molecule has 0 bridgehead atoms. The van der Waals surface area contributed by atoms with Crippen LogP contribution in [0.3, 0.4) is 0 Å². The number of hydrogen-bond acceptors (Lipinski definition) is 6. The van der Waals surface area contributed by atoms with Gasteiger partial charge in [0, 0.05) is 17.5 Å². The quantitative estimate of drug-likeness (QED) is 0.343. The van der Waals surface area contributed by atoms with Gasteiger partial charge in [-0.3, -0.25) is 4.31 Å². The number of para-hydroxylation sites is 1. The second-order valence-electron chi connectivity index (χ2n) is 7.92. The van der Waals surface area contributed by atoms with Gasteiger partial charge in [-0.25, -0.2) is 18.2 Å². The molecule has 0 unspecified atom stereocenters. The Kier molecular flexibility index (Phi) is 6.17. The zero-order valence-corrected chi connectivity index (χ0v) is 19.9. The molecule has 3 aromatic carbocycles. The number of esters is 1. The normalized spacial score (nSPS) is 13.4. The summed E-state index contributed by atoms with van der Waals surface area (Å²) in [5.74, 6) is -0.592. The lowest BCUT2D eigenvalue weighted by Gasteiger charge is -2.30. The largest absolute Gasteiger partial charge is 0.456 e. The van der Waals surface area contributed by atoms with Crippen molar-refractivity contribution < 1.29 is 17.9 Å². The summed E-state index contributed by atoms with van der Waals surface area (Å²) >= 11 is 1.48. The third-order valence-electron chi connectivity index (χ3n) is 5.65. The first-order valence-corrected chi connectivity index (χ1v) is 13.2. The summed E-state index contributed by atoms with van der Waals surface area (Å²) in [6, 6.07) is 23.3. The van der Waals surface area contributed by atoms with E-state index in [1.807, 2.05) is 60.0 Å². The van der Waals surface area contributed by atoms with Gasteiger partial charge in [-0.2, -0.15) is 0 Å². The topological polar surface area (TPSA) is 76.6 Å². The van der Waals surface area contributed by atoms with Gasteiger partial charge in [0.05, 0.1) is 21.8 Å². The molecule has 0 N–H and O–H groups in total. The van der Waals surface area contributed by atoms with Crippen LogP contribution in [0.1, 0.15) is 28.0 Å². The summed E-state index contributed by atoms with van der Waals surface area (Å²) in [6.07, 6.45) is 1.59. The van der Waals surface area contributed by atoms with Gasteiger partial charge in [0.15, 0.2) is 0 Å². The molecule has 0 saturated carbocycles. The highest BCUT2D eigenvalue weighted by Gasteiger charge is 2.29. The minimum Gasteiger partial charge on any atom is -0.456 e. The number of thiazole rings is 1. The van der Waals surface area contributed by atoms with Crippen LogP contribution in [0.5, 0.6) is 0 Å². The molecule has 4 aromatic rings. The standard InChI is InChI=1S/C26H22N2O4S2/c29-26(32-17-22-18-33-25(27-22)20-9-2-1-3-10-20)21-11-6-13-23(16-21)34(30,31)28-15-7-12-19-8-4-5-14-24(19)28/h1-6,8-11,13-14,16,18H,7,12,15,17H2. The third-order valence-corrected chi connectivity index (χ3v) is 8.40. The third kappa shape index (κ3) is 4.47. The number of aryl methyl sites for hydroxylation is 1. The summed E-state index contributed by atoms with van der Waals surface area (Å²) in [5.41, 5.74) is 3.53. The number of nitrogens with zero attached hydrogens (tertiary/aromatic N) is 2. The minimum atomic E-state index is -3.81. The van der Waals surface area contributed by atoms with Crippen molar-refractivity contribution in [1.29, 1.82) is 0 Å². The van der Waals surface area contributed by atoms with Crippen LogP contribution in [0, 0.1) is 0 Å². The molecular weight excluding hydrogens is 468 g/mol. The highest BCUT2D eigenvalue weighted by molar-refractivity contribution is 7.92. The van der Waals surface area contributed by atoms with Crippen LogP contribution in [0.15, 0.2) is 89.1 Å². The maximum atomic E-state index is 13.4. The van der Waals surface area contributed by atoms with E-state index in [2.05, 4.69) is 4.98 Å². The second-order valence-corrected chi connectivity index (χ2v) is 10.6. The minimum absolute atomic E-state index is 0.0125. The Labute approximate surface area is 202 Å². The average molecular weight is 491 g/mol. The van der Waals surface area contributed by atoms with Crippen LogP contribution in [0.2, 0.25) is 0 Å². The number of aromatic nitrogens is 1. The predicted octanol–water partition coefficient (Wildman–Crippen LogP) is 5.31. The molecule has 0 aliphatic carbocycles. The lowest BCUT2D eigenvalue weighted by Crippen LogP contribution is -2.35. The number of sulfonamides is 1. The van der Waals surface area contributed by atoms with Gasteiger partial charge < -0.3 is 4.74 Å². The smallest absolute Gasteiger partial charge is 0.338 e. The number of benzene rings is 3. The van der Waals surface area contributed by atoms with Crippen LogP contribution in [0.4, 0.5) is 5.69 Å². The lowest BCUT2D eigenvalue weighted by atomic mass is 10.0. The van der Waals surface area contributed by atoms with E-state index in [0.29, 0.717) is 17.9 Å².